The Labute approximate surface area is 187 Å². The van der Waals surface area contributed by atoms with E-state index in [9.17, 15) is 9.59 Å². The van der Waals surface area contributed by atoms with Gasteiger partial charge >= 0.3 is 5.76 Å². The standard InChI is InChI=1S/C23H20N4O6/c28-20(12-27-16-5-1-2-6-17(16)32-23(27)29)26-9-3-4-15(11-26)22-25-24-21(33-22)14-7-8-18-19(10-14)31-13-30-18/h1-2,5-8,10,15H,3-4,9,11-13H2. The largest absolute Gasteiger partial charge is 0.454 e. The van der Waals surface area contributed by atoms with Crippen LogP contribution >= 0.6 is 0 Å². The minimum absolute atomic E-state index is 0.0734. The lowest BCUT2D eigenvalue weighted by Gasteiger charge is -2.31. The first-order chi connectivity index (χ1) is 16.2. The third kappa shape index (κ3) is 3.53. The predicted molar refractivity (Wildman–Crippen MR) is 115 cm³/mol. The van der Waals surface area contributed by atoms with Gasteiger partial charge in [-0.3, -0.25) is 9.36 Å². The molecule has 6 rings (SSSR count). The van der Waals surface area contributed by atoms with Crippen molar-refractivity contribution in [3.05, 3.63) is 58.9 Å². The molecule has 168 valence electrons. The summed E-state index contributed by atoms with van der Waals surface area (Å²) in [5.74, 6) is 1.45. The van der Waals surface area contributed by atoms with E-state index in [1.165, 1.54) is 4.57 Å². The predicted octanol–water partition coefficient (Wildman–Crippen LogP) is 2.78. The van der Waals surface area contributed by atoms with E-state index in [1.807, 2.05) is 24.3 Å². The van der Waals surface area contributed by atoms with Gasteiger partial charge < -0.3 is 23.2 Å². The van der Waals surface area contributed by atoms with Gasteiger partial charge in [0.1, 0.15) is 6.54 Å². The van der Waals surface area contributed by atoms with Gasteiger partial charge in [-0.05, 0) is 43.2 Å². The highest BCUT2D eigenvalue weighted by molar-refractivity contribution is 5.79. The highest BCUT2D eigenvalue weighted by Gasteiger charge is 2.29. The zero-order valence-electron chi connectivity index (χ0n) is 17.6. The van der Waals surface area contributed by atoms with Crippen molar-refractivity contribution in [1.82, 2.24) is 19.7 Å². The molecular formula is C23H20N4O6. The highest BCUT2D eigenvalue weighted by Crippen LogP contribution is 2.36. The lowest BCUT2D eigenvalue weighted by Crippen LogP contribution is -2.41. The van der Waals surface area contributed by atoms with Gasteiger partial charge in [-0.2, -0.15) is 0 Å². The molecule has 4 heterocycles. The maximum absolute atomic E-state index is 13.0. The molecular weight excluding hydrogens is 428 g/mol. The molecule has 0 bridgehead atoms. The first-order valence-corrected chi connectivity index (χ1v) is 10.8. The van der Waals surface area contributed by atoms with E-state index in [0.29, 0.717) is 47.5 Å². The van der Waals surface area contributed by atoms with Crippen LogP contribution in [0, 0.1) is 0 Å². The van der Waals surface area contributed by atoms with Crippen LogP contribution in [0.5, 0.6) is 11.5 Å². The fourth-order valence-electron chi connectivity index (χ4n) is 4.35. The molecule has 1 unspecified atom stereocenters. The molecule has 0 aliphatic carbocycles. The number of likely N-dealkylation sites (tertiary alicyclic amines) is 1. The van der Waals surface area contributed by atoms with E-state index in [-0.39, 0.29) is 25.2 Å². The maximum Gasteiger partial charge on any atom is 0.420 e. The molecule has 0 saturated carbocycles. The summed E-state index contributed by atoms with van der Waals surface area (Å²) in [5, 5.41) is 8.43. The SMILES string of the molecule is O=C(Cn1c(=O)oc2ccccc21)N1CCCC(c2nnc(-c3ccc4c(c3)OCO4)o2)C1. The number of amides is 1. The number of nitrogens with zero attached hydrogens (tertiary/aromatic N) is 4. The van der Waals surface area contributed by atoms with Gasteiger partial charge in [0.25, 0.3) is 0 Å². The summed E-state index contributed by atoms with van der Waals surface area (Å²) in [6, 6.07) is 12.5. The van der Waals surface area contributed by atoms with Crippen molar-refractivity contribution in [2.75, 3.05) is 19.9 Å². The first-order valence-electron chi connectivity index (χ1n) is 10.8. The van der Waals surface area contributed by atoms with Crippen molar-refractivity contribution >= 4 is 17.0 Å². The minimum atomic E-state index is -0.539. The molecule has 0 radical (unpaired) electrons. The Balaban J connectivity index is 1.18. The van der Waals surface area contributed by atoms with Gasteiger partial charge in [0.15, 0.2) is 17.1 Å². The fourth-order valence-corrected chi connectivity index (χ4v) is 4.35. The maximum atomic E-state index is 13.0. The molecule has 33 heavy (non-hydrogen) atoms. The van der Waals surface area contributed by atoms with Crippen molar-refractivity contribution < 1.29 is 23.1 Å². The summed E-state index contributed by atoms with van der Waals surface area (Å²) in [7, 11) is 0. The van der Waals surface area contributed by atoms with Gasteiger partial charge in [-0.25, -0.2) is 4.79 Å². The van der Waals surface area contributed by atoms with Crippen molar-refractivity contribution in [3.63, 3.8) is 0 Å². The Morgan fingerprint density at radius 3 is 2.88 bits per heavy atom. The molecule has 2 aliphatic heterocycles. The van der Waals surface area contributed by atoms with Gasteiger partial charge in [-0.15, -0.1) is 10.2 Å². The highest BCUT2D eigenvalue weighted by atomic mass is 16.7. The molecule has 10 heteroatoms. The number of fused-ring (bicyclic) bond motifs is 2. The average molecular weight is 448 g/mol. The Morgan fingerprint density at radius 1 is 1.06 bits per heavy atom. The van der Waals surface area contributed by atoms with E-state index >= 15 is 0 Å². The Kier molecular flexibility index (Phi) is 4.63. The molecule has 4 aromatic rings. The topological polar surface area (TPSA) is 113 Å². The van der Waals surface area contributed by atoms with E-state index in [1.54, 1.807) is 23.1 Å². The average Bonchev–Trinajstić information content (AvgIpc) is 3.58. The second-order valence-electron chi connectivity index (χ2n) is 8.11. The number of rotatable bonds is 4. The van der Waals surface area contributed by atoms with E-state index in [2.05, 4.69) is 10.2 Å². The van der Waals surface area contributed by atoms with Gasteiger partial charge in [0.05, 0.1) is 11.4 Å². The smallest absolute Gasteiger partial charge is 0.420 e. The summed E-state index contributed by atoms with van der Waals surface area (Å²) in [6.07, 6.45) is 1.64. The van der Waals surface area contributed by atoms with Gasteiger partial charge in [0.2, 0.25) is 24.5 Å². The Bertz CT molecular complexity index is 1400. The van der Waals surface area contributed by atoms with Crippen LogP contribution in [-0.2, 0) is 11.3 Å². The number of hydrogen-bond donors (Lipinski definition) is 0. The second kappa shape index (κ2) is 7.80. The van der Waals surface area contributed by atoms with Crippen molar-refractivity contribution in [3.8, 4) is 23.0 Å². The summed E-state index contributed by atoms with van der Waals surface area (Å²) < 4.78 is 23.3. The van der Waals surface area contributed by atoms with Crippen molar-refractivity contribution in [1.29, 1.82) is 0 Å². The van der Waals surface area contributed by atoms with Crippen LogP contribution in [-0.4, -0.2) is 45.5 Å². The van der Waals surface area contributed by atoms with Crippen LogP contribution in [0.2, 0.25) is 0 Å². The minimum Gasteiger partial charge on any atom is -0.454 e. The van der Waals surface area contributed by atoms with Gasteiger partial charge in [0, 0.05) is 18.7 Å². The normalized spacial score (nSPS) is 17.6. The zero-order valence-corrected chi connectivity index (χ0v) is 17.6. The Hall–Kier alpha value is -4.08. The number of carbonyl (C=O) groups is 1. The summed E-state index contributed by atoms with van der Waals surface area (Å²) in [5.41, 5.74) is 1.82. The molecule has 1 fully saturated rings. The van der Waals surface area contributed by atoms with Crippen LogP contribution in [0.3, 0.4) is 0 Å². The monoisotopic (exact) mass is 448 g/mol. The third-order valence-corrected chi connectivity index (χ3v) is 6.05. The van der Waals surface area contributed by atoms with Crippen LogP contribution < -0.4 is 15.2 Å². The fraction of sp³-hybridized carbons (Fsp3) is 0.304. The molecule has 1 atom stereocenters. The number of piperidine rings is 1. The zero-order chi connectivity index (χ0) is 22.4. The lowest BCUT2D eigenvalue weighted by molar-refractivity contribution is -0.133. The van der Waals surface area contributed by atoms with Gasteiger partial charge in [-0.1, -0.05) is 12.1 Å². The van der Waals surface area contributed by atoms with Crippen LogP contribution in [0.1, 0.15) is 24.7 Å². The van der Waals surface area contributed by atoms with Crippen LogP contribution in [0.4, 0.5) is 0 Å². The second-order valence-corrected chi connectivity index (χ2v) is 8.11. The van der Waals surface area contributed by atoms with Crippen molar-refractivity contribution in [2.24, 2.45) is 0 Å². The molecule has 1 amide bonds. The van der Waals surface area contributed by atoms with E-state index in [4.69, 9.17) is 18.3 Å². The molecule has 0 spiro atoms. The number of benzene rings is 2. The number of hydrogen-bond acceptors (Lipinski definition) is 8. The lowest BCUT2D eigenvalue weighted by atomic mass is 9.98. The van der Waals surface area contributed by atoms with Crippen LogP contribution in [0.25, 0.3) is 22.6 Å². The number of oxazole rings is 1. The first kappa shape index (κ1) is 19.6. The molecule has 2 aromatic heterocycles. The Morgan fingerprint density at radius 2 is 1.94 bits per heavy atom. The number of ether oxygens (including phenoxy) is 2. The molecule has 10 nitrogen and oxygen atoms in total. The quantitative estimate of drug-likeness (QED) is 0.468. The number of para-hydroxylation sites is 2. The summed E-state index contributed by atoms with van der Waals surface area (Å²) in [6.45, 7) is 1.19. The molecule has 2 aliphatic rings. The molecule has 0 N–H and O–H groups in total. The van der Waals surface area contributed by atoms with E-state index in [0.717, 1.165) is 18.4 Å². The number of aromatic nitrogens is 3. The third-order valence-electron chi connectivity index (χ3n) is 6.05. The van der Waals surface area contributed by atoms with E-state index < -0.39 is 5.76 Å². The van der Waals surface area contributed by atoms with Crippen molar-refractivity contribution in [2.45, 2.75) is 25.3 Å². The molecule has 2 aromatic carbocycles. The molecule has 1 saturated heterocycles. The number of carbonyl (C=O) groups excluding carboxylic acids is 1. The summed E-state index contributed by atoms with van der Waals surface area (Å²) >= 11 is 0. The van der Waals surface area contributed by atoms with Crippen LogP contribution in [0.15, 0.2) is 56.1 Å². The summed E-state index contributed by atoms with van der Waals surface area (Å²) in [4.78, 5) is 27.0.